The van der Waals surface area contributed by atoms with Crippen molar-refractivity contribution in [2.24, 2.45) is 0 Å². The molecule has 0 N–H and O–H groups in total. The number of halogens is 1. The van der Waals surface area contributed by atoms with Crippen molar-refractivity contribution < 1.29 is 14.3 Å². The van der Waals surface area contributed by atoms with Crippen molar-refractivity contribution in [3.05, 3.63) is 106 Å². The molecule has 3 rings (SSSR count). The number of allylic oxidation sites excluding steroid dienone is 1. The average Bonchev–Trinajstić information content (AvgIpc) is 2.68. The molecule has 0 atom stereocenters. The third-order valence-electron chi connectivity index (χ3n) is 3.95. The fourth-order valence-corrected chi connectivity index (χ4v) is 2.70. The first kappa shape index (κ1) is 18.8. The minimum absolute atomic E-state index is 0.123. The highest BCUT2D eigenvalue weighted by Crippen LogP contribution is 2.21. The second-order valence-electron chi connectivity index (χ2n) is 6.00. The van der Waals surface area contributed by atoms with Gasteiger partial charge in [-0.2, -0.15) is 0 Å². The van der Waals surface area contributed by atoms with Gasteiger partial charge >= 0.3 is 5.97 Å². The molecule has 0 aliphatic rings. The fraction of sp³-hybridized carbons (Fsp3) is 0.0435. The van der Waals surface area contributed by atoms with E-state index in [2.05, 4.69) is 15.9 Å². The summed E-state index contributed by atoms with van der Waals surface area (Å²) in [6.45, 7) is 1.96. The Morgan fingerprint density at radius 3 is 2.19 bits per heavy atom. The number of carbonyl (C=O) groups excluding carboxylic acids is 2. The van der Waals surface area contributed by atoms with E-state index in [0.717, 1.165) is 10.0 Å². The minimum atomic E-state index is -0.435. The molecular weight excluding hydrogens is 404 g/mol. The van der Waals surface area contributed by atoms with E-state index in [4.69, 9.17) is 4.74 Å². The Kier molecular flexibility index (Phi) is 5.99. The molecule has 0 aliphatic heterocycles. The largest absolute Gasteiger partial charge is 0.422 e. The van der Waals surface area contributed by atoms with Crippen LogP contribution in [0.25, 0.3) is 6.08 Å². The summed E-state index contributed by atoms with van der Waals surface area (Å²) in [7, 11) is 0. The summed E-state index contributed by atoms with van der Waals surface area (Å²) in [5.41, 5.74) is 2.79. The van der Waals surface area contributed by atoms with Crippen LogP contribution in [0, 0.1) is 6.92 Å². The first-order chi connectivity index (χ1) is 13.0. The smallest absolute Gasteiger partial charge is 0.343 e. The van der Waals surface area contributed by atoms with Crippen LogP contribution in [0.4, 0.5) is 0 Å². The first-order valence-electron chi connectivity index (χ1n) is 8.39. The van der Waals surface area contributed by atoms with Gasteiger partial charge < -0.3 is 4.74 Å². The molecule has 0 fully saturated rings. The van der Waals surface area contributed by atoms with Crippen LogP contribution < -0.4 is 4.74 Å². The Hall–Kier alpha value is -2.98. The summed E-state index contributed by atoms with van der Waals surface area (Å²) in [5.74, 6) is -0.153. The zero-order valence-electron chi connectivity index (χ0n) is 14.7. The predicted molar refractivity (Wildman–Crippen MR) is 110 cm³/mol. The van der Waals surface area contributed by atoms with E-state index in [1.807, 2.05) is 37.3 Å². The van der Waals surface area contributed by atoms with Crippen LogP contribution in [0.5, 0.6) is 5.75 Å². The van der Waals surface area contributed by atoms with E-state index < -0.39 is 5.97 Å². The summed E-state index contributed by atoms with van der Waals surface area (Å²) in [6, 6.07) is 21.4. The fourth-order valence-electron chi connectivity index (χ4n) is 2.44. The van der Waals surface area contributed by atoms with Gasteiger partial charge in [-0.15, -0.1) is 0 Å². The Morgan fingerprint density at radius 1 is 0.852 bits per heavy atom. The van der Waals surface area contributed by atoms with Gasteiger partial charge in [0.25, 0.3) is 0 Å². The maximum atomic E-state index is 12.4. The van der Waals surface area contributed by atoms with Gasteiger partial charge in [0.1, 0.15) is 5.75 Å². The zero-order chi connectivity index (χ0) is 19.2. The number of rotatable bonds is 5. The van der Waals surface area contributed by atoms with E-state index in [1.54, 1.807) is 48.5 Å². The van der Waals surface area contributed by atoms with Crippen molar-refractivity contribution in [2.75, 3.05) is 0 Å². The molecule has 0 saturated carbocycles. The van der Waals surface area contributed by atoms with Crippen LogP contribution in [-0.2, 0) is 0 Å². The number of esters is 1. The monoisotopic (exact) mass is 420 g/mol. The van der Waals surface area contributed by atoms with E-state index in [0.29, 0.717) is 22.4 Å². The Bertz CT molecular complexity index is 987. The van der Waals surface area contributed by atoms with Crippen molar-refractivity contribution in [1.82, 2.24) is 0 Å². The lowest BCUT2D eigenvalue weighted by Gasteiger charge is -2.07. The van der Waals surface area contributed by atoms with Crippen molar-refractivity contribution >= 4 is 33.8 Å². The number of carbonyl (C=O) groups is 2. The van der Waals surface area contributed by atoms with Crippen LogP contribution in [0.1, 0.15) is 31.8 Å². The van der Waals surface area contributed by atoms with Gasteiger partial charge in [-0.05, 0) is 61.5 Å². The van der Waals surface area contributed by atoms with Gasteiger partial charge in [0, 0.05) is 15.6 Å². The lowest BCUT2D eigenvalue weighted by molar-refractivity contribution is 0.0734. The quantitative estimate of drug-likeness (QED) is 0.224. The normalized spacial score (nSPS) is 10.7. The number of ketones is 1. The SMILES string of the molecule is Cc1ccc(C(=O)Oc2ccccc2C=CC(=O)c2ccc(Br)cc2)cc1. The maximum Gasteiger partial charge on any atom is 0.343 e. The number of aryl methyl sites for hydroxylation is 1. The van der Waals surface area contributed by atoms with Gasteiger partial charge in [-0.1, -0.05) is 51.8 Å². The average molecular weight is 421 g/mol. The van der Waals surface area contributed by atoms with E-state index in [-0.39, 0.29) is 5.78 Å². The second-order valence-corrected chi connectivity index (χ2v) is 6.91. The molecule has 0 aliphatic carbocycles. The molecule has 0 bridgehead atoms. The third kappa shape index (κ3) is 5.02. The molecule has 3 aromatic carbocycles. The van der Waals surface area contributed by atoms with E-state index in [9.17, 15) is 9.59 Å². The number of hydrogen-bond acceptors (Lipinski definition) is 3. The molecule has 0 unspecified atom stereocenters. The standard InChI is InChI=1S/C23H17BrO3/c1-16-6-8-19(9-7-16)23(26)27-22-5-3-2-4-18(22)12-15-21(25)17-10-13-20(24)14-11-17/h2-15H,1H3. The number of ether oxygens (including phenoxy) is 1. The van der Waals surface area contributed by atoms with Crippen LogP contribution in [0.15, 0.2) is 83.3 Å². The summed E-state index contributed by atoms with van der Waals surface area (Å²) >= 11 is 3.35. The van der Waals surface area contributed by atoms with E-state index >= 15 is 0 Å². The van der Waals surface area contributed by atoms with Gasteiger partial charge in [0.2, 0.25) is 0 Å². The van der Waals surface area contributed by atoms with Gasteiger partial charge in [0.15, 0.2) is 5.78 Å². The third-order valence-corrected chi connectivity index (χ3v) is 4.48. The van der Waals surface area contributed by atoms with Gasteiger partial charge in [-0.3, -0.25) is 4.79 Å². The van der Waals surface area contributed by atoms with Gasteiger partial charge in [-0.25, -0.2) is 4.79 Å². The molecule has 0 amide bonds. The summed E-state index contributed by atoms with van der Waals surface area (Å²) in [6.07, 6.45) is 3.13. The summed E-state index contributed by atoms with van der Waals surface area (Å²) in [5, 5.41) is 0. The molecule has 3 aromatic rings. The maximum absolute atomic E-state index is 12.4. The molecule has 0 spiro atoms. The highest BCUT2D eigenvalue weighted by atomic mass is 79.9. The van der Waals surface area contributed by atoms with Crippen molar-refractivity contribution in [2.45, 2.75) is 6.92 Å². The Balaban J connectivity index is 1.77. The lowest BCUT2D eigenvalue weighted by Crippen LogP contribution is -2.09. The van der Waals surface area contributed by atoms with Crippen LogP contribution in [0.2, 0.25) is 0 Å². The van der Waals surface area contributed by atoms with Crippen LogP contribution in [-0.4, -0.2) is 11.8 Å². The molecule has 0 radical (unpaired) electrons. The molecule has 4 heteroatoms. The Morgan fingerprint density at radius 2 is 1.48 bits per heavy atom. The van der Waals surface area contributed by atoms with Crippen molar-refractivity contribution in [3.8, 4) is 5.75 Å². The topological polar surface area (TPSA) is 43.4 Å². The second kappa shape index (κ2) is 8.60. The molecular formula is C23H17BrO3. The Labute approximate surface area is 166 Å². The van der Waals surface area contributed by atoms with Crippen molar-refractivity contribution in [1.29, 1.82) is 0 Å². The molecule has 0 saturated heterocycles. The predicted octanol–water partition coefficient (Wildman–Crippen LogP) is 5.87. The number of para-hydroxylation sites is 1. The highest BCUT2D eigenvalue weighted by Gasteiger charge is 2.10. The molecule has 134 valence electrons. The summed E-state index contributed by atoms with van der Waals surface area (Å²) in [4.78, 5) is 24.7. The van der Waals surface area contributed by atoms with E-state index in [1.165, 1.54) is 6.08 Å². The van der Waals surface area contributed by atoms with Gasteiger partial charge in [0.05, 0.1) is 5.56 Å². The molecule has 3 nitrogen and oxygen atoms in total. The molecule has 27 heavy (non-hydrogen) atoms. The first-order valence-corrected chi connectivity index (χ1v) is 9.18. The lowest BCUT2D eigenvalue weighted by atomic mass is 10.1. The highest BCUT2D eigenvalue weighted by molar-refractivity contribution is 9.10. The van der Waals surface area contributed by atoms with Crippen LogP contribution >= 0.6 is 15.9 Å². The molecule has 0 aromatic heterocycles. The molecule has 0 heterocycles. The summed E-state index contributed by atoms with van der Waals surface area (Å²) < 4.78 is 6.43. The van der Waals surface area contributed by atoms with Crippen LogP contribution in [0.3, 0.4) is 0 Å². The minimum Gasteiger partial charge on any atom is -0.422 e. The zero-order valence-corrected chi connectivity index (χ0v) is 16.3. The number of hydrogen-bond donors (Lipinski definition) is 0. The van der Waals surface area contributed by atoms with Crippen molar-refractivity contribution in [3.63, 3.8) is 0 Å². The number of benzene rings is 3.